The molecule has 4 rings (SSSR count). The van der Waals surface area contributed by atoms with Crippen LogP contribution in [0.2, 0.25) is 0 Å². The minimum atomic E-state index is -0.475. The normalized spacial score (nSPS) is 11.2. The molecule has 1 amide bonds. The lowest BCUT2D eigenvalue weighted by atomic mass is 10.1. The van der Waals surface area contributed by atoms with Gasteiger partial charge in [-0.15, -0.1) is 0 Å². The Morgan fingerprint density at radius 1 is 1.13 bits per heavy atom. The number of benzene rings is 3. The van der Waals surface area contributed by atoms with Gasteiger partial charge in [0.05, 0.1) is 6.21 Å². The number of nitrogens with one attached hydrogen (secondary N) is 1. The molecule has 0 aliphatic rings. The van der Waals surface area contributed by atoms with Crippen molar-refractivity contribution in [2.75, 3.05) is 6.61 Å². The first-order valence-corrected chi connectivity index (χ1v) is 9.21. The van der Waals surface area contributed by atoms with E-state index in [1.54, 1.807) is 24.3 Å². The molecule has 0 aliphatic carbocycles. The standard InChI is InChI=1S/C23H18N2O5/c1-14-10-22(27)30-20-11-17(8-9-18(14)20)29-13-21(26)25-24-12-16-7-6-15-4-2-3-5-19(15)23(16)28/h2-12,28H,13H2,1H3,(H,25,26)/b24-12-. The van der Waals surface area contributed by atoms with Gasteiger partial charge in [0.2, 0.25) is 0 Å². The van der Waals surface area contributed by atoms with Crippen molar-refractivity contribution in [3.63, 3.8) is 0 Å². The van der Waals surface area contributed by atoms with Crippen molar-refractivity contribution in [3.05, 3.63) is 82.2 Å². The van der Waals surface area contributed by atoms with Gasteiger partial charge >= 0.3 is 5.63 Å². The number of aryl methyl sites for hydroxylation is 1. The number of hydrazone groups is 1. The topological polar surface area (TPSA) is 101 Å². The number of aromatic hydroxyl groups is 1. The molecule has 2 N–H and O–H groups in total. The van der Waals surface area contributed by atoms with E-state index >= 15 is 0 Å². The van der Waals surface area contributed by atoms with Crippen molar-refractivity contribution >= 4 is 33.9 Å². The van der Waals surface area contributed by atoms with Crippen LogP contribution >= 0.6 is 0 Å². The molecule has 0 unspecified atom stereocenters. The van der Waals surface area contributed by atoms with Gasteiger partial charge in [-0.1, -0.05) is 30.3 Å². The lowest BCUT2D eigenvalue weighted by Gasteiger charge is -2.07. The molecule has 3 aromatic carbocycles. The molecular formula is C23H18N2O5. The molecule has 7 heteroatoms. The van der Waals surface area contributed by atoms with Crippen molar-refractivity contribution in [1.82, 2.24) is 5.43 Å². The molecule has 0 fully saturated rings. The van der Waals surface area contributed by atoms with Crippen LogP contribution in [-0.4, -0.2) is 23.8 Å². The average molecular weight is 402 g/mol. The molecule has 0 saturated carbocycles. The molecule has 0 radical (unpaired) electrons. The molecule has 0 aliphatic heterocycles. The van der Waals surface area contributed by atoms with Crippen LogP contribution < -0.4 is 15.8 Å². The highest BCUT2D eigenvalue weighted by Gasteiger charge is 2.07. The predicted molar refractivity (Wildman–Crippen MR) is 114 cm³/mol. The number of phenols is 1. The number of hydrogen-bond acceptors (Lipinski definition) is 6. The smallest absolute Gasteiger partial charge is 0.336 e. The first kappa shape index (κ1) is 19.2. The van der Waals surface area contributed by atoms with Gasteiger partial charge in [0.15, 0.2) is 6.61 Å². The molecule has 1 aromatic heterocycles. The summed E-state index contributed by atoms with van der Waals surface area (Å²) in [4.78, 5) is 23.5. The van der Waals surface area contributed by atoms with Gasteiger partial charge in [0.1, 0.15) is 17.1 Å². The fourth-order valence-corrected chi connectivity index (χ4v) is 3.13. The second-order valence-corrected chi connectivity index (χ2v) is 6.71. The third-order valence-electron chi connectivity index (χ3n) is 4.62. The van der Waals surface area contributed by atoms with E-state index in [0.29, 0.717) is 22.3 Å². The molecule has 0 saturated heterocycles. The van der Waals surface area contributed by atoms with Crippen molar-refractivity contribution in [2.24, 2.45) is 5.10 Å². The number of carbonyl (C=O) groups excluding carboxylic acids is 1. The summed E-state index contributed by atoms with van der Waals surface area (Å²) in [6, 6.07) is 17.4. The summed E-state index contributed by atoms with van der Waals surface area (Å²) in [5, 5.41) is 16.6. The largest absolute Gasteiger partial charge is 0.507 e. The highest BCUT2D eigenvalue weighted by atomic mass is 16.5. The lowest BCUT2D eigenvalue weighted by molar-refractivity contribution is -0.123. The Hall–Kier alpha value is -4.13. The van der Waals surface area contributed by atoms with Crippen LogP contribution in [0.15, 0.2) is 75.0 Å². The van der Waals surface area contributed by atoms with Crippen molar-refractivity contribution in [3.8, 4) is 11.5 Å². The summed E-state index contributed by atoms with van der Waals surface area (Å²) in [5.74, 6) is 0.00942. The van der Waals surface area contributed by atoms with Gasteiger partial charge in [-0.05, 0) is 36.1 Å². The highest BCUT2D eigenvalue weighted by molar-refractivity contribution is 5.97. The van der Waals surface area contributed by atoms with E-state index in [9.17, 15) is 14.7 Å². The van der Waals surface area contributed by atoms with Crippen molar-refractivity contribution in [1.29, 1.82) is 0 Å². The van der Waals surface area contributed by atoms with E-state index in [4.69, 9.17) is 9.15 Å². The Morgan fingerprint density at radius 3 is 2.83 bits per heavy atom. The molecule has 0 bridgehead atoms. The Bertz CT molecular complexity index is 1340. The number of rotatable bonds is 5. The molecule has 1 heterocycles. The maximum Gasteiger partial charge on any atom is 0.336 e. The maximum absolute atomic E-state index is 12.0. The second-order valence-electron chi connectivity index (χ2n) is 6.71. The maximum atomic E-state index is 12.0. The first-order chi connectivity index (χ1) is 14.5. The molecule has 0 spiro atoms. The number of amides is 1. The molecule has 30 heavy (non-hydrogen) atoms. The number of carbonyl (C=O) groups is 1. The van der Waals surface area contributed by atoms with Gasteiger partial charge in [0, 0.05) is 28.5 Å². The van der Waals surface area contributed by atoms with Gasteiger partial charge in [-0.3, -0.25) is 4.79 Å². The van der Waals surface area contributed by atoms with E-state index in [2.05, 4.69) is 10.5 Å². The number of ether oxygens (including phenoxy) is 1. The third kappa shape index (κ3) is 4.00. The van der Waals surface area contributed by atoms with E-state index in [1.807, 2.05) is 37.3 Å². The Balaban J connectivity index is 1.39. The summed E-state index contributed by atoms with van der Waals surface area (Å²) in [6.45, 7) is 1.54. The van der Waals surface area contributed by atoms with Crippen LogP contribution in [0, 0.1) is 6.92 Å². The van der Waals surface area contributed by atoms with Crippen LogP contribution in [0.3, 0.4) is 0 Å². The third-order valence-corrected chi connectivity index (χ3v) is 4.62. The zero-order valence-corrected chi connectivity index (χ0v) is 16.1. The fourth-order valence-electron chi connectivity index (χ4n) is 3.13. The van der Waals surface area contributed by atoms with Gasteiger partial charge in [-0.2, -0.15) is 5.10 Å². The van der Waals surface area contributed by atoms with Crippen molar-refractivity contribution in [2.45, 2.75) is 6.92 Å². The summed E-state index contributed by atoms with van der Waals surface area (Å²) >= 11 is 0. The molecular weight excluding hydrogens is 384 g/mol. The van der Waals surface area contributed by atoms with E-state index in [1.165, 1.54) is 12.3 Å². The first-order valence-electron chi connectivity index (χ1n) is 9.21. The van der Waals surface area contributed by atoms with E-state index < -0.39 is 11.5 Å². The van der Waals surface area contributed by atoms with Crippen LogP contribution in [0.5, 0.6) is 11.5 Å². The molecule has 0 atom stereocenters. The number of hydrogen-bond donors (Lipinski definition) is 2. The van der Waals surface area contributed by atoms with Crippen LogP contribution in [0.25, 0.3) is 21.7 Å². The predicted octanol–water partition coefficient (Wildman–Crippen LogP) is 3.49. The second kappa shape index (κ2) is 8.08. The number of phenolic OH excluding ortho intramolecular Hbond substituents is 1. The monoisotopic (exact) mass is 402 g/mol. The van der Waals surface area contributed by atoms with E-state index in [-0.39, 0.29) is 12.4 Å². The summed E-state index contributed by atoms with van der Waals surface area (Å²) < 4.78 is 10.6. The zero-order chi connectivity index (χ0) is 21.1. The summed E-state index contributed by atoms with van der Waals surface area (Å²) in [7, 11) is 0. The Kier molecular flexibility index (Phi) is 5.17. The van der Waals surface area contributed by atoms with Gasteiger partial charge < -0.3 is 14.3 Å². The SMILES string of the molecule is Cc1cc(=O)oc2cc(OCC(=O)N/N=C\c3ccc4ccccc4c3O)ccc12. The van der Waals surface area contributed by atoms with Gasteiger partial charge in [0.25, 0.3) is 5.91 Å². The Morgan fingerprint density at radius 2 is 1.97 bits per heavy atom. The lowest BCUT2D eigenvalue weighted by Crippen LogP contribution is -2.24. The quantitative estimate of drug-likeness (QED) is 0.302. The minimum Gasteiger partial charge on any atom is -0.507 e. The van der Waals surface area contributed by atoms with Crippen LogP contribution in [0.1, 0.15) is 11.1 Å². The van der Waals surface area contributed by atoms with Gasteiger partial charge in [-0.25, -0.2) is 10.2 Å². The average Bonchev–Trinajstić information content (AvgIpc) is 2.73. The summed E-state index contributed by atoms with van der Waals surface area (Å²) in [5.41, 5.74) is 3.59. The fraction of sp³-hybridized carbons (Fsp3) is 0.0870. The van der Waals surface area contributed by atoms with E-state index in [0.717, 1.165) is 16.3 Å². The summed E-state index contributed by atoms with van der Waals surface area (Å²) in [6.07, 6.45) is 1.37. The minimum absolute atomic E-state index is 0.0929. The van der Waals surface area contributed by atoms with Crippen molar-refractivity contribution < 1.29 is 19.1 Å². The highest BCUT2D eigenvalue weighted by Crippen LogP contribution is 2.27. The van der Waals surface area contributed by atoms with Crippen LogP contribution in [-0.2, 0) is 4.79 Å². The zero-order valence-electron chi connectivity index (χ0n) is 16.1. The molecule has 7 nitrogen and oxygen atoms in total. The number of nitrogens with zero attached hydrogens (tertiary/aromatic N) is 1. The molecule has 4 aromatic rings. The number of fused-ring (bicyclic) bond motifs is 2. The molecule has 150 valence electrons. The van der Waals surface area contributed by atoms with Crippen LogP contribution in [0.4, 0.5) is 0 Å². The Labute approximate surface area is 171 Å².